The maximum absolute atomic E-state index is 9.40. The molecule has 1 aromatic heterocycles. The first-order chi connectivity index (χ1) is 9.15. The number of nitrogens with zero attached hydrogens (tertiary/aromatic N) is 1. The number of aromatic nitrogens is 1. The molecule has 0 spiro atoms. The van der Waals surface area contributed by atoms with Crippen LogP contribution in [0.5, 0.6) is 0 Å². The third-order valence-electron chi connectivity index (χ3n) is 2.82. The van der Waals surface area contributed by atoms with Gasteiger partial charge in [-0.3, -0.25) is 0 Å². The van der Waals surface area contributed by atoms with Crippen LogP contribution in [0.25, 0.3) is 20.8 Å². The number of benzene rings is 2. The molecule has 3 aromatic rings. The summed E-state index contributed by atoms with van der Waals surface area (Å²) >= 11 is 7.43. The van der Waals surface area contributed by atoms with E-state index >= 15 is 0 Å². The van der Waals surface area contributed by atoms with Crippen LogP contribution in [0.3, 0.4) is 0 Å². The minimum Gasteiger partial charge on any atom is -0.423 e. The van der Waals surface area contributed by atoms with Crippen LogP contribution in [0.1, 0.15) is 0 Å². The van der Waals surface area contributed by atoms with E-state index in [9.17, 15) is 10.0 Å². The summed E-state index contributed by atoms with van der Waals surface area (Å²) in [5.74, 6) is 0. The van der Waals surface area contributed by atoms with Gasteiger partial charge in [-0.15, -0.1) is 11.3 Å². The number of hydrogen-bond donors (Lipinski definition) is 2. The van der Waals surface area contributed by atoms with E-state index in [-0.39, 0.29) is 0 Å². The number of hydrogen-bond acceptors (Lipinski definition) is 4. The van der Waals surface area contributed by atoms with Crippen molar-refractivity contribution in [2.45, 2.75) is 0 Å². The smallest absolute Gasteiger partial charge is 0.423 e. The Morgan fingerprint density at radius 2 is 1.89 bits per heavy atom. The zero-order valence-electron chi connectivity index (χ0n) is 9.75. The summed E-state index contributed by atoms with van der Waals surface area (Å²) in [4.78, 5) is 4.50. The number of halogens is 1. The van der Waals surface area contributed by atoms with Crippen molar-refractivity contribution in [1.29, 1.82) is 0 Å². The summed E-state index contributed by atoms with van der Waals surface area (Å²) in [6.07, 6.45) is 0. The molecule has 19 heavy (non-hydrogen) atoms. The van der Waals surface area contributed by atoms with Crippen molar-refractivity contribution in [3.05, 3.63) is 47.5 Å². The van der Waals surface area contributed by atoms with Crippen LogP contribution in [0.4, 0.5) is 0 Å². The van der Waals surface area contributed by atoms with Gasteiger partial charge in [-0.2, -0.15) is 0 Å². The van der Waals surface area contributed by atoms with Gasteiger partial charge in [0.2, 0.25) is 0 Å². The summed E-state index contributed by atoms with van der Waals surface area (Å²) in [6.45, 7) is 0. The van der Waals surface area contributed by atoms with Gasteiger partial charge in [0.1, 0.15) is 5.01 Å². The first-order valence-corrected chi connectivity index (χ1v) is 6.86. The molecule has 0 saturated carbocycles. The van der Waals surface area contributed by atoms with Crippen LogP contribution in [0, 0.1) is 0 Å². The molecular formula is C13H9BClNO2S. The highest BCUT2D eigenvalue weighted by Crippen LogP contribution is 2.30. The summed E-state index contributed by atoms with van der Waals surface area (Å²) in [6, 6.07) is 12.6. The molecule has 0 amide bonds. The number of fused-ring (bicyclic) bond motifs is 1. The van der Waals surface area contributed by atoms with E-state index in [2.05, 4.69) is 4.98 Å². The summed E-state index contributed by atoms with van der Waals surface area (Å²) in [5, 5.41) is 20.2. The Hall–Kier alpha value is -1.40. The minimum absolute atomic E-state index is 0.452. The van der Waals surface area contributed by atoms with E-state index in [4.69, 9.17) is 11.6 Å². The van der Waals surface area contributed by atoms with E-state index < -0.39 is 7.12 Å². The van der Waals surface area contributed by atoms with Crippen molar-refractivity contribution in [1.82, 2.24) is 4.98 Å². The molecule has 1 heterocycles. The van der Waals surface area contributed by atoms with Crippen LogP contribution < -0.4 is 5.46 Å². The SMILES string of the molecule is OB(O)c1ccccc1-c1nc2ccc(Cl)cc2s1. The van der Waals surface area contributed by atoms with Crippen molar-refractivity contribution in [3.63, 3.8) is 0 Å². The Labute approximate surface area is 119 Å². The molecule has 0 aliphatic heterocycles. The zero-order valence-corrected chi connectivity index (χ0v) is 11.3. The molecule has 0 bridgehead atoms. The van der Waals surface area contributed by atoms with Gasteiger partial charge in [0, 0.05) is 10.6 Å². The Morgan fingerprint density at radius 3 is 2.68 bits per heavy atom. The topological polar surface area (TPSA) is 53.4 Å². The Kier molecular flexibility index (Phi) is 3.28. The maximum Gasteiger partial charge on any atom is 0.489 e. The highest BCUT2D eigenvalue weighted by atomic mass is 35.5. The van der Waals surface area contributed by atoms with Crippen molar-refractivity contribution < 1.29 is 10.0 Å². The molecule has 2 N–H and O–H groups in total. The lowest BCUT2D eigenvalue weighted by Gasteiger charge is -2.04. The fraction of sp³-hybridized carbons (Fsp3) is 0. The molecule has 0 radical (unpaired) electrons. The average Bonchev–Trinajstić information content (AvgIpc) is 2.81. The normalized spacial score (nSPS) is 10.9. The molecule has 0 atom stereocenters. The van der Waals surface area contributed by atoms with Crippen molar-refractivity contribution in [2.24, 2.45) is 0 Å². The van der Waals surface area contributed by atoms with Gasteiger partial charge in [0.25, 0.3) is 0 Å². The fourth-order valence-electron chi connectivity index (χ4n) is 1.93. The monoisotopic (exact) mass is 289 g/mol. The van der Waals surface area contributed by atoms with Gasteiger partial charge in [-0.25, -0.2) is 4.98 Å². The van der Waals surface area contributed by atoms with Gasteiger partial charge in [0.05, 0.1) is 10.2 Å². The predicted octanol–water partition coefficient (Wildman–Crippen LogP) is 2.30. The minimum atomic E-state index is -1.51. The third-order valence-corrected chi connectivity index (χ3v) is 4.11. The molecule has 3 rings (SSSR count). The average molecular weight is 290 g/mol. The second kappa shape index (κ2) is 4.94. The molecule has 6 heteroatoms. The highest BCUT2D eigenvalue weighted by molar-refractivity contribution is 7.21. The standard InChI is InChI=1S/C13H9BClNO2S/c15-8-5-6-11-12(7-8)19-13(16-11)9-3-1-2-4-10(9)14(17)18/h1-7,17-18H. The maximum atomic E-state index is 9.40. The van der Waals surface area contributed by atoms with E-state index in [1.54, 1.807) is 18.2 Å². The molecule has 0 fully saturated rings. The summed E-state index contributed by atoms with van der Waals surface area (Å²) in [5.41, 5.74) is 2.04. The lowest BCUT2D eigenvalue weighted by molar-refractivity contribution is 0.426. The molecule has 3 nitrogen and oxygen atoms in total. The number of rotatable bonds is 2. The van der Waals surface area contributed by atoms with Crippen LogP contribution in [-0.4, -0.2) is 22.2 Å². The summed E-state index contributed by atoms with van der Waals surface area (Å²) in [7, 11) is -1.51. The molecular weight excluding hydrogens is 280 g/mol. The molecule has 0 aliphatic rings. The lowest BCUT2D eigenvalue weighted by Crippen LogP contribution is -2.31. The first kappa shape index (κ1) is 12.6. The van der Waals surface area contributed by atoms with E-state index in [1.165, 1.54) is 11.3 Å². The van der Waals surface area contributed by atoms with Gasteiger partial charge in [0.15, 0.2) is 0 Å². The van der Waals surface area contributed by atoms with Crippen LogP contribution in [-0.2, 0) is 0 Å². The Morgan fingerprint density at radius 1 is 1.11 bits per heavy atom. The van der Waals surface area contributed by atoms with Crippen molar-refractivity contribution in [2.75, 3.05) is 0 Å². The van der Waals surface area contributed by atoms with Gasteiger partial charge in [-0.1, -0.05) is 35.9 Å². The zero-order chi connectivity index (χ0) is 13.4. The van der Waals surface area contributed by atoms with Crippen molar-refractivity contribution in [3.8, 4) is 10.6 Å². The van der Waals surface area contributed by atoms with E-state index in [1.807, 2.05) is 24.3 Å². The summed E-state index contributed by atoms with van der Waals surface area (Å²) < 4.78 is 0.977. The lowest BCUT2D eigenvalue weighted by atomic mass is 9.77. The highest BCUT2D eigenvalue weighted by Gasteiger charge is 2.18. The van der Waals surface area contributed by atoms with Crippen molar-refractivity contribution >= 4 is 45.7 Å². The van der Waals surface area contributed by atoms with Crippen LogP contribution >= 0.6 is 22.9 Å². The molecule has 2 aromatic carbocycles. The van der Waals surface area contributed by atoms with Gasteiger partial charge >= 0.3 is 7.12 Å². The molecule has 0 unspecified atom stereocenters. The van der Waals surface area contributed by atoms with E-state index in [0.717, 1.165) is 20.8 Å². The Balaban J connectivity index is 2.19. The Bertz CT molecular complexity index is 744. The van der Waals surface area contributed by atoms with Gasteiger partial charge in [-0.05, 0) is 23.7 Å². The molecule has 94 valence electrons. The molecule has 0 aliphatic carbocycles. The second-order valence-electron chi connectivity index (χ2n) is 4.09. The largest absolute Gasteiger partial charge is 0.489 e. The first-order valence-electron chi connectivity index (χ1n) is 5.66. The van der Waals surface area contributed by atoms with Crippen LogP contribution in [0.15, 0.2) is 42.5 Å². The second-order valence-corrected chi connectivity index (χ2v) is 5.56. The van der Waals surface area contributed by atoms with Crippen LogP contribution in [0.2, 0.25) is 5.02 Å². The molecule has 0 saturated heterocycles. The number of thiazole rings is 1. The van der Waals surface area contributed by atoms with Gasteiger partial charge < -0.3 is 10.0 Å². The quantitative estimate of drug-likeness (QED) is 0.712. The predicted molar refractivity (Wildman–Crippen MR) is 79.9 cm³/mol. The fourth-order valence-corrected chi connectivity index (χ4v) is 3.22. The van der Waals surface area contributed by atoms with E-state index in [0.29, 0.717) is 10.5 Å². The third kappa shape index (κ3) is 2.38.